The molecule has 1 spiro atoms. The lowest BCUT2D eigenvalue weighted by Gasteiger charge is -2.48. The monoisotopic (exact) mass is 535 g/mol. The fourth-order valence-corrected chi connectivity index (χ4v) is 5.43. The van der Waals surface area contributed by atoms with E-state index in [0.29, 0.717) is 37.5 Å². The van der Waals surface area contributed by atoms with Gasteiger partial charge < -0.3 is 20.3 Å². The van der Waals surface area contributed by atoms with Crippen molar-refractivity contribution in [3.63, 3.8) is 0 Å². The van der Waals surface area contributed by atoms with Gasteiger partial charge in [0, 0.05) is 32.8 Å². The fourth-order valence-electron chi connectivity index (χ4n) is 5.43. The van der Waals surface area contributed by atoms with E-state index in [2.05, 4.69) is 20.8 Å². The first-order valence-corrected chi connectivity index (χ1v) is 13.4. The first-order chi connectivity index (χ1) is 18.8. The molecule has 1 aliphatic carbocycles. The number of ether oxygens (including phenoxy) is 1. The van der Waals surface area contributed by atoms with E-state index in [1.807, 2.05) is 30.3 Å². The molecule has 0 unspecified atom stereocenters. The van der Waals surface area contributed by atoms with Gasteiger partial charge in [-0.25, -0.2) is 4.79 Å². The molecular formula is C28H35N6O5+. The van der Waals surface area contributed by atoms with Crippen LogP contribution in [0.1, 0.15) is 42.1 Å². The van der Waals surface area contributed by atoms with E-state index in [-0.39, 0.29) is 30.2 Å². The van der Waals surface area contributed by atoms with Gasteiger partial charge in [0.25, 0.3) is 0 Å². The minimum Gasteiger partial charge on any atom is -0.371 e. The summed E-state index contributed by atoms with van der Waals surface area (Å²) in [4.78, 5) is 54.2. The minimum absolute atomic E-state index is 0.0908. The lowest BCUT2D eigenvalue weighted by atomic mass is 9.70. The Bertz CT molecular complexity index is 1250. The SMILES string of the molecule is CNC(=O)[C@@H](NC(=O)[C@@H]1C=[N+](C(=O)c2cn[nH]c2)CC12CN(C(=O)CC1CC1)C2)[C@@H](C)OCc1ccccc1. The molecule has 11 heteroatoms. The van der Waals surface area contributed by atoms with E-state index in [4.69, 9.17) is 4.74 Å². The predicted octanol–water partition coefficient (Wildman–Crippen LogP) is 0.728. The molecule has 3 atom stereocenters. The molecule has 2 aromatic rings. The van der Waals surface area contributed by atoms with Gasteiger partial charge in [-0.05, 0) is 31.2 Å². The van der Waals surface area contributed by atoms with Gasteiger partial charge in [0.2, 0.25) is 17.7 Å². The second-order valence-electron chi connectivity index (χ2n) is 10.9. The third kappa shape index (κ3) is 5.78. The van der Waals surface area contributed by atoms with Crippen LogP contribution in [0.15, 0.2) is 42.7 Å². The first-order valence-electron chi connectivity index (χ1n) is 13.4. The molecule has 1 saturated carbocycles. The third-order valence-electron chi connectivity index (χ3n) is 7.94. The van der Waals surface area contributed by atoms with Gasteiger partial charge in [0.15, 0.2) is 12.8 Å². The minimum atomic E-state index is -0.942. The predicted molar refractivity (Wildman–Crippen MR) is 141 cm³/mol. The van der Waals surface area contributed by atoms with Crippen molar-refractivity contribution < 1.29 is 28.5 Å². The number of likely N-dealkylation sites (N-methyl/N-ethyl adjacent to an activating group) is 1. The molecule has 3 aliphatic rings. The van der Waals surface area contributed by atoms with Crippen molar-refractivity contribution in [2.24, 2.45) is 17.3 Å². The van der Waals surface area contributed by atoms with Crippen molar-refractivity contribution in [3.8, 4) is 0 Å². The van der Waals surface area contributed by atoms with Crippen LogP contribution in [0.5, 0.6) is 0 Å². The van der Waals surface area contributed by atoms with Gasteiger partial charge in [-0.3, -0.25) is 19.5 Å². The van der Waals surface area contributed by atoms with Crippen molar-refractivity contribution in [1.82, 2.24) is 25.7 Å². The Kier molecular flexibility index (Phi) is 7.60. The Labute approximate surface area is 227 Å². The zero-order valence-electron chi connectivity index (χ0n) is 22.3. The van der Waals surface area contributed by atoms with Crippen molar-refractivity contribution in [1.29, 1.82) is 0 Å². The lowest BCUT2D eigenvalue weighted by Crippen LogP contribution is -2.65. The second kappa shape index (κ2) is 11.1. The molecule has 4 amide bonds. The highest BCUT2D eigenvalue weighted by molar-refractivity contribution is 6.00. The molecule has 0 radical (unpaired) electrons. The lowest BCUT2D eigenvalue weighted by molar-refractivity contribution is -0.434. The Morgan fingerprint density at radius 1 is 1.21 bits per heavy atom. The molecule has 1 saturated heterocycles. The van der Waals surface area contributed by atoms with Gasteiger partial charge in [-0.1, -0.05) is 30.3 Å². The number of aromatic nitrogens is 2. The maximum atomic E-state index is 13.7. The summed E-state index contributed by atoms with van der Waals surface area (Å²) in [6.07, 6.45) is 6.66. The molecule has 5 rings (SSSR count). The number of nitrogens with zero attached hydrogens (tertiary/aromatic N) is 3. The van der Waals surface area contributed by atoms with Gasteiger partial charge in [0.1, 0.15) is 17.5 Å². The van der Waals surface area contributed by atoms with E-state index >= 15 is 0 Å². The molecule has 2 aliphatic heterocycles. The van der Waals surface area contributed by atoms with Crippen LogP contribution in [0.4, 0.5) is 0 Å². The number of aromatic amines is 1. The molecule has 39 heavy (non-hydrogen) atoms. The number of hydrogen-bond acceptors (Lipinski definition) is 6. The van der Waals surface area contributed by atoms with Crippen LogP contribution in [-0.4, -0.2) is 88.3 Å². The first kappa shape index (κ1) is 26.7. The number of benzene rings is 1. The third-order valence-corrected chi connectivity index (χ3v) is 7.94. The topological polar surface area (TPSA) is 136 Å². The van der Waals surface area contributed by atoms with Crippen LogP contribution < -0.4 is 10.6 Å². The summed E-state index contributed by atoms with van der Waals surface area (Å²) in [5.74, 6) is -1.18. The second-order valence-corrected chi connectivity index (χ2v) is 10.9. The molecule has 0 bridgehead atoms. The Balaban J connectivity index is 1.32. The molecule has 11 nitrogen and oxygen atoms in total. The van der Waals surface area contributed by atoms with Gasteiger partial charge in [0.05, 0.1) is 24.3 Å². The van der Waals surface area contributed by atoms with E-state index < -0.39 is 23.5 Å². The van der Waals surface area contributed by atoms with E-state index in [1.54, 1.807) is 18.0 Å². The summed E-state index contributed by atoms with van der Waals surface area (Å²) in [5.41, 5.74) is 0.715. The van der Waals surface area contributed by atoms with Crippen molar-refractivity contribution >= 4 is 29.8 Å². The molecule has 206 valence electrons. The van der Waals surface area contributed by atoms with Crippen LogP contribution in [0.2, 0.25) is 0 Å². The smallest absolute Gasteiger partial charge is 0.371 e. The molecular weight excluding hydrogens is 500 g/mol. The van der Waals surface area contributed by atoms with Crippen LogP contribution in [0.25, 0.3) is 0 Å². The standard InChI is InChI=1S/C28H34N6O5/c1-18(39-14-20-6-4-3-5-7-20)24(26(37)29-2)32-25(36)22-13-33(27(38)21-11-30-31-12-21)15-28(22)16-34(17-28)23(35)10-19-8-9-19/h3-7,11-13,18-19,22,24H,8-10,14-17H2,1-2H3,(H2-,29,30,31,32,36,37,38)/p+1/t18-,22+,24+/m1/s1. The Hall–Kier alpha value is -3.86. The average Bonchev–Trinajstić information content (AvgIpc) is 3.40. The molecule has 3 heterocycles. The highest BCUT2D eigenvalue weighted by Gasteiger charge is 2.61. The van der Waals surface area contributed by atoms with Crippen LogP contribution >= 0.6 is 0 Å². The largest absolute Gasteiger partial charge is 0.422 e. The van der Waals surface area contributed by atoms with E-state index in [1.165, 1.54) is 24.0 Å². The van der Waals surface area contributed by atoms with Crippen LogP contribution in [-0.2, 0) is 25.7 Å². The van der Waals surface area contributed by atoms with Crippen LogP contribution in [0.3, 0.4) is 0 Å². The van der Waals surface area contributed by atoms with E-state index in [9.17, 15) is 19.2 Å². The normalized spacial score (nSPS) is 21.0. The average molecular weight is 536 g/mol. The Morgan fingerprint density at radius 2 is 1.95 bits per heavy atom. The summed E-state index contributed by atoms with van der Waals surface area (Å²) in [5, 5.41) is 12.0. The number of nitrogens with one attached hydrogen (secondary N) is 3. The molecule has 1 aromatic carbocycles. The fraction of sp³-hybridized carbons (Fsp3) is 0.500. The highest BCUT2D eigenvalue weighted by atomic mass is 16.5. The maximum Gasteiger partial charge on any atom is 0.422 e. The number of rotatable bonds is 10. The zero-order chi connectivity index (χ0) is 27.6. The van der Waals surface area contributed by atoms with Gasteiger partial charge in [-0.2, -0.15) is 9.67 Å². The summed E-state index contributed by atoms with van der Waals surface area (Å²) >= 11 is 0. The highest BCUT2D eigenvalue weighted by Crippen LogP contribution is 2.43. The summed E-state index contributed by atoms with van der Waals surface area (Å²) in [6, 6.07) is 8.64. The maximum absolute atomic E-state index is 13.7. The molecule has 2 fully saturated rings. The summed E-state index contributed by atoms with van der Waals surface area (Å²) in [7, 11) is 1.51. The quantitative estimate of drug-likeness (QED) is 0.384. The number of H-pyrrole nitrogens is 1. The zero-order valence-corrected chi connectivity index (χ0v) is 22.3. The van der Waals surface area contributed by atoms with Crippen LogP contribution in [0, 0.1) is 17.3 Å². The molecule has 1 aromatic heterocycles. The number of carbonyl (C=O) groups is 4. The summed E-state index contributed by atoms with van der Waals surface area (Å²) in [6.45, 7) is 3.09. The van der Waals surface area contributed by atoms with Gasteiger partial charge in [-0.15, -0.1) is 0 Å². The van der Waals surface area contributed by atoms with Crippen molar-refractivity contribution in [2.75, 3.05) is 26.7 Å². The van der Waals surface area contributed by atoms with Crippen molar-refractivity contribution in [3.05, 3.63) is 53.9 Å². The molecule has 3 N–H and O–H groups in total. The Morgan fingerprint density at radius 3 is 2.59 bits per heavy atom. The number of likely N-dealkylation sites (tertiary alicyclic amines) is 1. The number of amides is 4. The number of hydrogen-bond donors (Lipinski definition) is 3. The van der Waals surface area contributed by atoms with Crippen molar-refractivity contribution in [2.45, 2.75) is 44.9 Å². The summed E-state index contributed by atoms with van der Waals surface area (Å²) < 4.78 is 7.48. The van der Waals surface area contributed by atoms with Gasteiger partial charge >= 0.3 is 5.91 Å². The van der Waals surface area contributed by atoms with E-state index in [0.717, 1.165) is 18.4 Å². The number of carbonyl (C=O) groups excluding carboxylic acids is 4.